The molecule has 0 aliphatic heterocycles. The van der Waals surface area contributed by atoms with Crippen LogP contribution in [-0.2, 0) is 6.54 Å². The number of nitrogens with zero attached hydrogens (tertiary/aromatic N) is 3. The Morgan fingerprint density at radius 3 is 2.79 bits per heavy atom. The summed E-state index contributed by atoms with van der Waals surface area (Å²) in [6.45, 7) is 4.50. The van der Waals surface area contributed by atoms with Crippen LogP contribution >= 0.6 is 0 Å². The van der Waals surface area contributed by atoms with Gasteiger partial charge >= 0.3 is 0 Å². The van der Waals surface area contributed by atoms with Crippen LogP contribution in [0.5, 0.6) is 5.88 Å². The zero-order chi connectivity index (χ0) is 13.7. The number of ether oxygens (including phenoxy) is 1. The van der Waals surface area contributed by atoms with Gasteiger partial charge in [-0.25, -0.2) is 4.98 Å². The number of anilines is 2. The molecule has 0 aliphatic rings. The summed E-state index contributed by atoms with van der Waals surface area (Å²) in [5.74, 6) is 1.69. The van der Waals surface area contributed by atoms with Gasteiger partial charge in [0.25, 0.3) is 0 Å². The van der Waals surface area contributed by atoms with Crippen LogP contribution < -0.4 is 15.8 Å². The van der Waals surface area contributed by atoms with Gasteiger partial charge in [-0.3, -0.25) is 0 Å². The molecule has 0 unspecified atom stereocenters. The van der Waals surface area contributed by atoms with Crippen molar-refractivity contribution in [1.82, 2.24) is 15.2 Å². The predicted octanol–water partition coefficient (Wildman–Crippen LogP) is 1.85. The molecule has 6 heteroatoms. The molecule has 2 rings (SSSR count). The fourth-order valence-electron chi connectivity index (χ4n) is 1.51. The van der Waals surface area contributed by atoms with Crippen LogP contribution in [0.25, 0.3) is 0 Å². The molecule has 0 bridgehead atoms. The van der Waals surface area contributed by atoms with E-state index in [1.165, 1.54) is 0 Å². The summed E-state index contributed by atoms with van der Waals surface area (Å²) < 4.78 is 5.65. The van der Waals surface area contributed by atoms with Gasteiger partial charge in [0, 0.05) is 18.3 Å². The van der Waals surface area contributed by atoms with Gasteiger partial charge in [-0.15, -0.1) is 10.2 Å². The normalized spacial score (nSPS) is 10.5. The topological polar surface area (TPSA) is 86.0 Å². The summed E-state index contributed by atoms with van der Waals surface area (Å²) in [7, 11) is 0. The summed E-state index contributed by atoms with van der Waals surface area (Å²) in [6.07, 6.45) is 1.80. The average Bonchev–Trinajstić information content (AvgIpc) is 2.39. The quantitative estimate of drug-likeness (QED) is 0.852. The SMILES string of the molecule is CC(C)Oc1ncccc1CNc1ccc(N)nn1. The van der Waals surface area contributed by atoms with Crippen LogP contribution in [0.1, 0.15) is 19.4 Å². The minimum atomic E-state index is 0.0879. The monoisotopic (exact) mass is 259 g/mol. The summed E-state index contributed by atoms with van der Waals surface area (Å²) in [5.41, 5.74) is 6.45. The summed E-state index contributed by atoms with van der Waals surface area (Å²) in [4.78, 5) is 4.23. The van der Waals surface area contributed by atoms with Crippen LogP contribution in [0.3, 0.4) is 0 Å². The van der Waals surface area contributed by atoms with Gasteiger partial charge in [0.05, 0.1) is 6.10 Å². The first-order valence-corrected chi connectivity index (χ1v) is 6.09. The Morgan fingerprint density at radius 2 is 2.11 bits per heavy atom. The Kier molecular flexibility index (Phi) is 4.12. The van der Waals surface area contributed by atoms with Gasteiger partial charge in [-0.1, -0.05) is 6.07 Å². The first-order valence-electron chi connectivity index (χ1n) is 6.09. The second kappa shape index (κ2) is 5.99. The number of nitrogens with two attached hydrogens (primary N) is 1. The summed E-state index contributed by atoms with van der Waals surface area (Å²) in [6, 6.07) is 7.31. The number of pyridine rings is 1. The van der Waals surface area contributed by atoms with Crippen molar-refractivity contribution in [2.45, 2.75) is 26.5 Å². The van der Waals surface area contributed by atoms with Crippen molar-refractivity contribution in [2.75, 3.05) is 11.1 Å². The van der Waals surface area contributed by atoms with E-state index in [2.05, 4.69) is 20.5 Å². The van der Waals surface area contributed by atoms with E-state index in [0.717, 1.165) is 5.56 Å². The molecule has 2 heterocycles. The molecule has 0 aromatic carbocycles. The van der Waals surface area contributed by atoms with Gasteiger partial charge in [0.1, 0.15) is 11.6 Å². The van der Waals surface area contributed by atoms with E-state index in [0.29, 0.717) is 24.1 Å². The highest BCUT2D eigenvalue weighted by Gasteiger charge is 2.06. The first kappa shape index (κ1) is 13.1. The zero-order valence-corrected chi connectivity index (χ0v) is 11.0. The second-order valence-corrected chi connectivity index (χ2v) is 4.33. The van der Waals surface area contributed by atoms with Crippen molar-refractivity contribution >= 4 is 11.6 Å². The highest BCUT2D eigenvalue weighted by Crippen LogP contribution is 2.17. The van der Waals surface area contributed by atoms with E-state index in [9.17, 15) is 0 Å². The molecule has 2 aromatic rings. The lowest BCUT2D eigenvalue weighted by molar-refractivity contribution is 0.230. The largest absolute Gasteiger partial charge is 0.475 e. The lowest BCUT2D eigenvalue weighted by Gasteiger charge is -2.13. The Labute approximate surface area is 112 Å². The number of nitrogens with one attached hydrogen (secondary N) is 1. The van der Waals surface area contributed by atoms with Crippen LogP contribution in [0.4, 0.5) is 11.6 Å². The van der Waals surface area contributed by atoms with Crippen LogP contribution in [0.15, 0.2) is 30.5 Å². The smallest absolute Gasteiger partial charge is 0.218 e. The van der Waals surface area contributed by atoms with Gasteiger partial charge < -0.3 is 15.8 Å². The van der Waals surface area contributed by atoms with E-state index < -0.39 is 0 Å². The van der Waals surface area contributed by atoms with E-state index in [1.807, 2.05) is 26.0 Å². The molecule has 0 spiro atoms. The summed E-state index contributed by atoms with van der Waals surface area (Å²) in [5, 5.41) is 10.9. The minimum Gasteiger partial charge on any atom is -0.475 e. The number of hydrogen-bond acceptors (Lipinski definition) is 6. The number of rotatable bonds is 5. The fourth-order valence-corrected chi connectivity index (χ4v) is 1.51. The Morgan fingerprint density at radius 1 is 1.26 bits per heavy atom. The maximum atomic E-state index is 5.65. The van der Waals surface area contributed by atoms with E-state index in [4.69, 9.17) is 10.5 Å². The molecule has 100 valence electrons. The molecule has 0 fully saturated rings. The second-order valence-electron chi connectivity index (χ2n) is 4.33. The predicted molar refractivity (Wildman–Crippen MR) is 73.8 cm³/mol. The molecule has 0 amide bonds. The standard InChI is InChI=1S/C13H17N5O/c1-9(2)19-13-10(4-3-7-15-13)8-16-12-6-5-11(14)17-18-12/h3-7,9H,8H2,1-2H3,(H2,14,17)(H,16,18). The number of hydrogen-bond donors (Lipinski definition) is 2. The molecule has 2 aromatic heterocycles. The van der Waals surface area contributed by atoms with Crippen molar-refractivity contribution < 1.29 is 4.74 Å². The molecule has 0 atom stereocenters. The van der Waals surface area contributed by atoms with E-state index >= 15 is 0 Å². The van der Waals surface area contributed by atoms with Crippen LogP contribution in [0, 0.1) is 0 Å². The zero-order valence-electron chi connectivity index (χ0n) is 11.0. The lowest BCUT2D eigenvalue weighted by atomic mass is 10.2. The highest BCUT2D eigenvalue weighted by molar-refractivity contribution is 5.40. The molecular weight excluding hydrogens is 242 g/mol. The van der Waals surface area contributed by atoms with Crippen molar-refractivity contribution in [3.05, 3.63) is 36.0 Å². The Hall–Kier alpha value is -2.37. The molecule has 0 radical (unpaired) electrons. The van der Waals surface area contributed by atoms with Crippen molar-refractivity contribution in [2.24, 2.45) is 0 Å². The Balaban J connectivity index is 2.04. The minimum absolute atomic E-state index is 0.0879. The molecule has 3 N–H and O–H groups in total. The third-order valence-electron chi connectivity index (χ3n) is 2.34. The third kappa shape index (κ3) is 3.80. The van der Waals surface area contributed by atoms with Crippen molar-refractivity contribution in [3.8, 4) is 5.88 Å². The van der Waals surface area contributed by atoms with E-state index in [-0.39, 0.29) is 6.10 Å². The molecular formula is C13H17N5O. The lowest BCUT2D eigenvalue weighted by Crippen LogP contribution is -2.11. The first-order chi connectivity index (χ1) is 9.15. The van der Waals surface area contributed by atoms with Gasteiger partial charge in [-0.2, -0.15) is 0 Å². The maximum absolute atomic E-state index is 5.65. The highest BCUT2D eigenvalue weighted by atomic mass is 16.5. The van der Waals surface area contributed by atoms with Gasteiger partial charge in [-0.05, 0) is 32.0 Å². The summed E-state index contributed by atoms with van der Waals surface area (Å²) >= 11 is 0. The number of aromatic nitrogens is 3. The molecule has 0 saturated heterocycles. The molecule has 0 saturated carbocycles. The van der Waals surface area contributed by atoms with Crippen LogP contribution in [0.2, 0.25) is 0 Å². The van der Waals surface area contributed by atoms with Gasteiger partial charge in [0.2, 0.25) is 5.88 Å². The maximum Gasteiger partial charge on any atom is 0.218 e. The van der Waals surface area contributed by atoms with Crippen molar-refractivity contribution in [3.63, 3.8) is 0 Å². The third-order valence-corrected chi connectivity index (χ3v) is 2.34. The fraction of sp³-hybridized carbons (Fsp3) is 0.308. The molecule has 19 heavy (non-hydrogen) atoms. The molecule has 0 aliphatic carbocycles. The van der Waals surface area contributed by atoms with E-state index in [1.54, 1.807) is 18.3 Å². The average molecular weight is 259 g/mol. The number of nitrogen functional groups attached to an aromatic ring is 1. The van der Waals surface area contributed by atoms with Gasteiger partial charge in [0.15, 0.2) is 0 Å². The Bertz CT molecular complexity index is 527. The van der Waals surface area contributed by atoms with Crippen molar-refractivity contribution in [1.29, 1.82) is 0 Å². The molecule has 6 nitrogen and oxygen atoms in total. The van der Waals surface area contributed by atoms with Crippen LogP contribution in [-0.4, -0.2) is 21.3 Å².